The summed E-state index contributed by atoms with van der Waals surface area (Å²) in [4.78, 5) is 4.18. The van der Waals surface area contributed by atoms with Gasteiger partial charge in [0.25, 0.3) is 0 Å². The van der Waals surface area contributed by atoms with Gasteiger partial charge in [0.05, 0.1) is 0 Å². The Balaban J connectivity index is 2.05. The Morgan fingerprint density at radius 2 is 1.86 bits per heavy atom. The molecule has 0 radical (unpaired) electrons. The Labute approximate surface area is 123 Å². The molecular weight excluding hydrogens is 274 g/mol. The normalized spacial score (nSPS) is 12.9. The maximum Gasteiger partial charge on any atom is 0.138 e. The van der Waals surface area contributed by atoms with Crippen molar-refractivity contribution in [3.63, 3.8) is 0 Å². The number of aromatic nitrogens is 3. The highest BCUT2D eigenvalue weighted by molar-refractivity contribution is 5.20. The molecule has 0 aliphatic carbocycles. The van der Waals surface area contributed by atoms with Crippen LogP contribution >= 0.6 is 0 Å². The summed E-state index contributed by atoms with van der Waals surface area (Å²) < 4.78 is 29.0. The second kappa shape index (κ2) is 6.76. The van der Waals surface area contributed by atoms with Crippen LogP contribution in [0.4, 0.5) is 8.78 Å². The molecule has 0 saturated carbocycles. The molecule has 0 aliphatic heterocycles. The van der Waals surface area contributed by atoms with Gasteiger partial charge in [-0.1, -0.05) is 19.9 Å². The zero-order chi connectivity index (χ0) is 15.4. The third kappa shape index (κ3) is 4.07. The standard InChI is InChI=1S/C15H20F2N4/c1-10(2)8-21-15(19-9-20-21)7-11(18)6-12-13(16)4-3-5-14(12)17/h3-5,9-11H,6-8,18H2,1-2H3. The maximum atomic E-state index is 13.6. The van der Waals surface area contributed by atoms with Gasteiger partial charge >= 0.3 is 0 Å². The van der Waals surface area contributed by atoms with Gasteiger partial charge in [0, 0.05) is 24.6 Å². The molecule has 1 atom stereocenters. The molecular formula is C15H20F2N4. The number of nitrogens with two attached hydrogens (primary N) is 1. The lowest BCUT2D eigenvalue weighted by molar-refractivity contribution is 0.455. The fourth-order valence-corrected chi connectivity index (χ4v) is 2.24. The first-order valence-corrected chi connectivity index (χ1v) is 7.02. The Kier molecular flexibility index (Phi) is 5.01. The summed E-state index contributed by atoms with van der Waals surface area (Å²) in [7, 11) is 0. The van der Waals surface area contributed by atoms with Gasteiger partial charge < -0.3 is 5.73 Å². The van der Waals surface area contributed by atoms with Crippen LogP contribution in [0, 0.1) is 17.6 Å². The van der Waals surface area contributed by atoms with Crippen molar-refractivity contribution in [3.8, 4) is 0 Å². The van der Waals surface area contributed by atoms with Crippen LogP contribution in [-0.2, 0) is 19.4 Å². The molecule has 1 heterocycles. The minimum atomic E-state index is -0.561. The van der Waals surface area contributed by atoms with Crippen molar-refractivity contribution < 1.29 is 8.78 Å². The first-order valence-electron chi connectivity index (χ1n) is 7.02. The zero-order valence-electron chi connectivity index (χ0n) is 12.3. The lowest BCUT2D eigenvalue weighted by atomic mass is 10.0. The van der Waals surface area contributed by atoms with Gasteiger partial charge in [0.1, 0.15) is 23.8 Å². The molecule has 21 heavy (non-hydrogen) atoms. The van der Waals surface area contributed by atoms with E-state index in [9.17, 15) is 8.78 Å². The van der Waals surface area contributed by atoms with Gasteiger partial charge in [-0.05, 0) is 24.5 Å². The lowest BCUT2D eigenvalue weighted by Gasteiger charge is -2.14. The lowest BCUT2D eigenvalue weighted by Crippen LogP contribution is -2.28. The highest BCUT2D eigenvalue weighted by Gasteiger charge is 2.16. The first-order chi connectivity index (χ1) is 9.97. The van der Waals surface area contributed by atoms with Gasteiger partial charge in [-0.25, -0.2) is 18.4 Å². The van der Waals surface area contributed by atoms with Crippen LogP contribution in [-0.4, -0.2) is 20.8 Å². The van der Waals surface area contributed by atoms with E-state index in [4.69, 9.17) is 5.73 Å². The molecule has 6 heteroatoms. The molecule has 2 rings (SSSR count). The van der Waals surface area contributed by atoms with Gasteiger partial charge in [-0.15, -0.1) is 0 Å². The topological polar surface area (TPSA) is 56.7 Å². The van der Waals surface area contributed by atoms with Crippen LogP contribution in [0.1, 0.15) is 25.2 Å². The van der Waals surface area contributed by atoms with Gasteiger partial charge in [0.15, 0.2) is 0 Å². The molecule has 114 valence electrons. The van der Waals surface area contributed by atoms with Crippen molar-refractivity contribution in [3.05, 3.63) is 47.5 Å². The molecule has 0 bridgehead atoms. The maximum absolute atomic E-state index is 13.6. The third-order valence-corrected chi connectivity index (χ3v) is 3.21. The van der Waals surface area contributed by atoms with Crippen molar-refractivity contribution in [2.75, 3.05) is 0 Å². The second-order valence-electron chi connectivity index (χ2n) is 5.62. The van der Waals surface area contributed by atoms with E-state index >= 15 is 0 Å². The van der Waals surface area contributed by atoms with E-state index < -0.39 is 17.7 Å². The van der Waals surface area contributed by atoms with Crippen molar-refractivity contribution in [2.24, 2.45) is 11.7 Å². The van der Waals surface area contributed by atoms with Crippen LogP contribution < -0.4 is 5.73 Å². The van der Waals surface area contributed by atoms with Crippen LogP contribution in [0.15, 0.2) is 24.5 Å². The number of halogens is 2. The van der Waals surface area contributed by atoms with Crippen molar-refractivity contribution in [2.45, 2.75) is 39.3 Å². The number of hydrogen-bond donors (Lipinski definition) is 1. The van der Waals surface area contributed by atoms with Crippen molar-refractivity contribution in [1.82, 2.24) is 14.8 Å². The summed E-state index contributed by atoms with van der Waals surface area (Å²) in [5, 5.41) is 4.15. The molecule has 4 nitrogen and oxygen atoms in total. The zero-order valence-corrected chi connectivity index (χ0v) is 12.3. The number of nitrogens with zero attached hydrogens (tertiary/aromatic N) is 3. The van der Waals surface area contributed by atoms with Crippen LogP contribution in [0.5, 0.6) is 0 Å². The van der Waals surface area contributed by atoms with Gasteiger partial charge in [0.2, 0.25) is 0 Å². The van der Waals surface area contributed by atoms with E-state index in [2.05, 4.69) is 23.9 Å². The summed E-state index contributed by atoms with van der Waals surface area (Å²) in [5.41, 5.74) is 6.05. The van der Waals surface area contributed by atoms with Crippen molar-refractivity contribution in [1.29, 1.82) is 0 Å². The first kappa shape index (κ1) is 15.6. The summed E-state index contributed by atoms with van der Waals surface area (Å²) in [6.07, 6.45) is 2.04. The molecule has 1 aromatic heterocycles. The molecule has 0 fully saturated rings. The molecule has 2 aromatic rings. The average Bonchev–Trinajstić information content (AvgIpc) is 2.80. The smallest absolute Gasteiger partial charge is 0.138 e. The van der Waals surface area contributed by atoms with Crippen LogP contribution in [0.25, 0.3) is 0 Å². The van der Waals surface area contributed by atoms with E-state index in [1.165, 1.54) is 24.5 Å². The third-order valence-electron chi connectivity index (χ3n) is 3.21. The summed E-state index contributed by atoms with van der Waals surface area (Å²) in [5.74, 6) is 0.0572. The minimum Gasteiger partial charge on any atom is -0.327 e. The van der Waals surface area contributed by atoms with Crippen molar-refractivity contribution >= 4 is 0 Å². The Morgan fingerprint density at radius 1 is 1.19 bits per heavy atom. The van der Waals surface area contributed by atoms with E-state index in [0.29, 0.717) is 12.3 Å². The fourth-order valence-electron chi connectivity index (χ4n) is 2.24. The van der Waals surface area contributed by atoms with Crippen LogP contribution in [0.2, 0.25) is 0 Å². The fraction of sp³-hybridized carbons (Fsp3) is 0.467. The highest BCUT2D eigenvalue weighted by atomic mass is 19.1. The van der Waals surface area contributed by atoms with E-state index in [-0.39, 0.29) is 12.0 Å². The molecule has 0 saturated heterocycles. The Bertz CT molecular complexity index is 575. The largest absolute Gasteiger partial charge is 0.327 e. The molecule has 0 amide bonds. The summed E-state index contributed by atoms with van der Waals surface area (Å²) in [6.45, 7) is 4.91. The predicted octanol–water partition coefficient (Wildman–Crippen LogP) is 2.32. The van der Waals surface area contributed by atoms with E-state index in [1.807, 2.05) is 0 Å². The molecule has 1 unspecified atom stereocenters. The SMILES string of the molecule is CC(C)Cn1ncnc1CC(N)Cc1c(F)cccc1F. The average molecular weight is 294 g/mol. The second-order valence-corrected chi connectivity index (χ2v) is 5.62. The number of hydrogen-bond acceptors (Lipinski definition) is 3. The highest BCUT2D eigenvalue weighted by Crippen LogP contribution is 2.15. The molecule has 0 spiro atoms. The molecule has 1 aromatic carbocycles. The number of benzene rings is 1. The Morgan fingerprint density at radius 3 is 2.48 bits per heavy atom. The molecule has 2 N–H and O–H groups in total. The summed E-state index contributed by atoms with van der Waals surface area (Å²) in [6, 6.07) is 3.42. The van der Waals surface area contributed by atoms with Gasteiger partial charge in [-0.3, -0.25) is 0 Å². The quantitative estimate of drug-likeness (QED) is 0.889. The predicted molar refractivity (Wildman–Crippen MR) is 76.6 cm³/mol. The summed E-state index contributed by atoms with van der Waals surface area (Å²) >= 11 is 0. The molecule has 0 aliphatic rings. The minimum absolute atomic E-state index is 0.0277. The number of rotatable bonds is 6. The van der Waals surface area contributed by atoms with E-state index in [1.54, 1.807) is 4.68 Å². The van der Waals surface area contributed by atoms with E-state index in [0.717, 1.165) is 12.4 Å². The monoisotopic (exact) mass is 294 g/mol. The van der Waals surface area contributed by atoms with Crippen LogP contribution in [0.3, 0.4) is 0 Å². The van der Waals surface area contributed by atoms with Gasteiger partial charge in [-0.2, -0.15) is 5.10 Å². The Hall–Kier alpha value is -1.82.